The molecule has 0 atom stereocenters. The van der Waals surface area contributed by atoms with Crippen molar-refractivity contribution in [3.05, 3.63) is 24.4 Å². The van der Waals surface area contributed by atoms with Crippen LogP contribution in [0.15, 0.2) is 29.4 Å². The van der Waals surface area contributed by atoms with E-state index in [4.69, 9.17) is 0 Å². The first-order chi connectivity index (χ1) is 10.6. The van der Waals surface area contributed by atoms with E-state index in [0.29, 0.717) is 0 Å². The number of hydrogen-bond donors (Lipinski definition) is 1. The highest BCUT2D eigenvalue weighted by molar-refractivity contribution is 5.86. The quantitative estimate of drug-likeness (QED) is 0.622. The second-order valence-corrected chi connectivity index (χ2v) is 5.35. The molecule has 2 heterocycles. The van der Waals surface area contributed by atoms with Crippen LogP contribution in [-0.2, 0) is 4.79 Å². The van der Waals surface area contributed by atoms with Gasteiger partial charge in [-0.25, -0.2) is 4.98 Å². The lowest BCUT2D eigenvalue weighted by atomic mass is 10.3. The Morgan fingerprint density at radius 3 is 2.59 bits per heavy atom. The lowest BCUT2D eigenvalue weighted by molar-refractivity contribution is -0.127. The Hall–Kier alpha value is -2.31. The molecule has 0 bridgehead atoms. The van der Waals surface area contributed by atoms with Crippen LogP contribution in [0.5, 0.6) is 0 Å². The summed E-state index contributed by atoms with van der Waals surface area (Å²) in [7, 11) is 5.24. The summed E-state index contributed by atoms with van der Waals surface area (Å²) >= 11 is 0. The molecule has 1 amide bonds. The Labute approximate surface area is 131 Å². The zero-order valence-electron chi connectivity index (χ0n) is 13.5. The zero-order valence-corrected chi connectivity index (χ0v) is 13.5. The van der Waals surface area contributed by atoms with Gasteiger partial charge in [0, 0.05) is 53.5 Å². The molecule has 0 aliphatic carbocycles. The Balaban J connectivity index is 1.85. The number of pyridine rings is 1. The number of aliphatic imine (C=N–C) groups is 1. The monoisotopic (exact) mass is 304 g/mol. The van der Waals surface area contributed by atoms with Crippen molar-refractivity contribution in [3.8, 4) is 0 Å². The third kappa shape index (κ3) is 4.09. The van der Waals surface area contributed by atoms with E-state index in [0.717, 1.165) is 38.0 Å². The van der Waals surface area contributed by atoms with Gasteiger partial charge in [0.15, 0.2) is 5.96 Å². The van der Waals surface area contributed by atoms with Crippen LogP contribution in [0.1, 0.15) is 0 Å². The highest BCUT2D eigenvalue weighted by Crippen LogP contribution is 2.12. The number of guanidine groups is 1. The van der Waals surface area contributed by atoms with Gasteiger partial charge in [-0.15, -0.1) is 0 Å². The van der Waals surface area contributed by atoms with E-state index in [1.807, 2.05) is 24.4 Å². The van der Waals surface area contributed by atoms with Crippen LogP contribution in [0.4, 0.5) is 5.82 Å². The fourth-order valence-corrected chi connectivity index (χ4v) is 2.33. The lowest BCUT2D eigenvalue weighted by Crippen LogP contribution is -2.53. The van der Waals surface area contributed by atoms with E-state index in [-0.39, 0.29) is 12.5 Å². The molecule has 22 heavy (non-hydrogen) atoms. The smallest absolute Gasteiger partial charge is 0.241 e. The fraction of sp³-hybridized carbons (Fsp3) is 0.533. The molecule has 1 N–H and O–H groups in total. The number of carbonyl (C=O) groups excluding carboxylic acids is 1. The van der Waals surface area contributed by atoms with Gasteiger partial charge < -0.3 is 20.0 Å². The van der Waals surface area contributed by atoms with Gasteiger partial charge in [-0.05, 0) is 12.1 Å². The molecule has 120 valence electrons. The first kappa shape index (κ1) is 16.1. The highest BCUT2D eigenvalue weighted by Gasteiger charge is 2.20. The van der Waals surface area contributed by atoms with Gasteiger partial charge in [0.05, 0.1) is 6.54 Å². The number of anilines is 1. The zero-order chi connectivity index (χ0) is 15.9. The molecule has 1 aromatic heterocycles. The van der Waals surface area contributed by atoms with E-state index < -0.39 is 0 Å². The van der Waals surface area contributed by atoms with Crippen LogP contribution in [0.3, 0.4) is 0 Å². The van der Waals surface area contributed by atoms with E-state index in [9.17, 15) is 4.79 Å². The minimum Gasteiger partial charge on any atom is -0.353 e. The van der Waals surface area contributed by atoms with E-state index in [1.165, 1.54) is 0 Å². The summed E-state index contributed by atoms with van der Waals surface area (Å²) in [5.41, 5.74) is 0. The molecule has 1 saturated heterocycles. The third-order valence-corrected chi connectivity index (χ3v) is 3.66. The van der Waals surface area contributed by atoms with E-state index in [2.05, 4.69) is 25.1 Å². The number of amides is 1. The molecule has 7 nitrogen and oxygen atoms in total. The number of nitrogens with zero attached hydrogens (tertiary/aromatic N) is 5. The standard InChI is InChI=1S/C15H24N6O/c1-16-15(18-12-14(22)19(2)3)21-10-8-20(9-11-21)13-6-4-5-7-17-13/h4-7H,8-12H2,1-3H3,(H,16,18). The number of nitrogens with one attached hydrogen (secondary N) is 1. The molecule has 1 fully saturated rings. The Morgan fingerprint density at radius 1 is 1.32 bits per heavy atom. The average Bonchev–Trinajstić information content (AvgIpc) is 2.56. The van der Waals surface area contributed by atoms with Crippen molar-refractivity contribution >= 4 is 17.7 Å². The van der Waals surface area contributed by atoms with Crippen LogP contribution in [0.2, 0.25) is 0 Å². The first-order valence-corrected chi connectivity index (χ1v) is 7.43. The number of aromatic nitrogens is 1. The lowest BCUT2D eigenvalue weighted by Gasteiger charge is -2.37. The van der Waals surface area contributed by atoms with Crippen LogP contribution < -0.4 is 10.2 Å². The van der Waals surface area contributed by atoms with Crippen LogP contribution in [0.25, 0.3) is 0 Å². The van der Waals surface area contributed by atoms with Crippen molar-refractivity contribution in [1.82, 2.24) is 20.1 Å². The van der Waals surface area contributed by atoms with E-state index >= 15 is 0 Å². The van der Waals surface area contributed by atoms with E-state index in [1.54, 1.807) is 26.0 Å². The van der Waals surface area contributed by atoms with Crippen molar-refractivity contribution in [2.45, 2.75) is 0 Å². The SMILES string of the molecule is CN=C(NCC(=O)N(C)C)N1CCN(c2ccccn2)CC1. The predicted molar refractivity (Wildman–Crippen MR) is 88.1 cm³/mol. The van der Waals surface area contributed by atoms with Gasteiger partial charge in [-0.2, -0.15) is 0 Å². The molecule has 0 saturated carbocycles. The highest BCUT2D eigenvalue weighted by atomic mass is 16.2. The summed E-state index contributed by atoms with van der Waals surface area (Å²) in [5.74, 6) is 1.82. The van der Waals surface area contributed by atoms with Crippen LogP contribution in [-0.4, -0.2) is 80.5 Å². The van der Waals surface area contributed by atoms with Crippen molar-refractivity contribution < 1.29 is 4.79 Å². The Morgan fingerprint density at radius 2 is 2.05 bits per heavy atom. The molecular formula is C15H24N6O. The van der Waals surface area contributed by atoms with Crippen molar-refractivity contribution in [1.29, 1.82) is 0 Å². The topological polar surface area (TPSA) is 64.1 Å². The predicted octanol–water partition coefficient (Wildman–Crippen LogP) is -0.133. The second-order valence-electron chi connectivity index (χ2n) is 5.35. The summed E-state index contributed by atoms with van der Waals surface area (Å²) in [5, 5.41) is 3.13. The summed E-state index contributed by atoms with van der Waals surface area (Å²) < 4.78 is 0. The number of piperazine rings is 1. The molecule has 1 aliphatic rings. The van der Waals surface area contributed by atoms with Gasteiger partial charge in [0.2, 0.25) is 5.91 Å². The molecule has 2 rings (SSSR count). The van der Waals surface area contributed by atoms with Gasteiger partial charge in [-0.3, -0.25) is 9.79 Å². The molecule has 1 aliphatic heterocycles. The van der Waals surface area contributed by atoms with Crippen molar-refractivity contribution in [2.24, 2.45) is 4.99 Å². The van der Waals surface area contributed by atoms with Crippen molar-refractivity contribution in [2.75, 3.05) is 58.8 Å². The maximum atomic E-state index is 11.7. The molecule has 7 heteroatoms. The molecule has 0 radical (unpaired) electrons. The van der Waals surface area contributed by atoms with Gasteiger partial charge in [-0.1, -0.05) is 6.07 Å². The summed E-state index contributed by atoms with van der Waals surface area (Å²) in [6, 6.07) is 5.95. The Bertz CT molecular complexity index is 508. The van der Waals surface area contributed by atoms with Crippen molar-refractivity contribution in [3.63, 3.8) is 0 Å². The molecule has 1 aromatic rings. The van der Waals surface area contributed by atoms with Gasteiger partial charge in [0.1, 0.15) is 5.82 Å². The second kappa shape index (κ2) is 7.63. The van der Waals surface area contributed by atoms with Crippen LogP contribution >= 0.6 is 0 Å². The third-order valence-electron chi connectivity index (χ3n) is 3.66. The average molecular weight is 304 g/mol. The number of hydrogen-bond acceptors (Lipinski definition) is 4. The van der Waals surface area contributed by atoms with Crippen LogP contribution in [0, 0.1) is 0 Å². The first-order valence-electron chi connectivity index (χ1n) is 7.43. The maximum Gasteiger partial charge on any atom is 0.241 e. The minimum absolute atomic E-state index is 0.0354. The molecular weight excluding hydrogens is 280 g/mol. The van der Waals surface area contributed by atoms with Gasteiger partial charge >= 0.3 is 0 Å². The maximum absolute atomic E-state index is 11.7. The Kier molecular flexibility index (Phi) is 5.57. The molecule has 0 unspecified atom stereocenters. The molecule has 0 spiro atoms. The summed E-state index contributed by atoms with van der Waals surface area (Å²) in [6.45, 7) is 3.75. The minimum atomic E-state index is 0.0354. The fourth-order valence-electron chi connectivity index (χ4n) is 2.33. The van der Waals surface area contributed by atoms with Gasteiger partial charge in [0.25, 0.3) is 0 Å². The normalized spacial score (nSPS) is 15.7. The number of carbonyl (C=O) groups is 1. The largest absolute Gasteiger partial charge is 0.353 e. The number of likely N-dealkylation sites (N-methyl/N-ethyl adjacent to an activating group) is 1. The molecule has 0 aromatic carbocycles. The summed E-state index contributed by atoms with van der Waals surface area (Å²) in [4.78, 5) is 26.3. The number of rotatable bonds is 3. The summed E-state index contributed by atoms with van der Waals surface area (Å²) in [6.07, 6.45) is 1.81.